The van der Waals surface area contributed by atoms with Gasteiger partial charge in [-0.2, -0.15) is 0 Å². The van der Waals surface area contributed by atoms with Gasteiger partial charge in [0, 0.05) is 5.75 Å². The predicted octanol–water partition coefficient (Wildman–Crippen LogP) is 4.02. The van der Waals surface area contributed by atoms with Gasteiger partial charge >= 0.3 is 0 Å². The molecule has 1 amide bonds. The van der Waals surface area contributed by atoms with Crippen LogP contribution in [0.2, 0.25) is 0 Å². The van der Waals surface area contributed by atoms with Crippen molar-refractivity contribution in [1.82, 2.24) is 10.2 Å². The molecule has 1 unspecified atom stereocenters. The van der Waals surface area contributed by atoms with E-state index in [4.69, 9.17) is 4.74 Å². The largest absolute Gasteiger partial charge is 0.497 e. The number of ether oxygens (including phenoxy) is 1. The maximum absolute atomic E-state index is 13.0. The summed E-state index contributed by atoms with van der Waals surface area (Å²) in [5.74, 6) is 0.860. The highest BCUT2D eigenvalue weighted by Crippen LogP contribution is 2.29. The van der Waals surface area contributed by atoms with Gasteiger partial charge in [-0.1, -0.05) is 60.4 Å². The molecule has 1 aromatic heterocycles. The first-order valence-electron chi connectivity index (χ1n) is 9.76. The highest BCUT2D eigenvalue weighted by Gasteiger charge is 2.32. The predicted molar refractivity (Wildman–Crippen MR) is 129 cm³/mol. The Kier molecular flexibility index (Phi) is 8.10. The van der Waals surface area contributed by atoms with Crippen LogP contribution >= 0.6 is 23.1 Å². The molecule has 32 heavy (non-hydrogen) atoms. The lowest BCUT2D eigenvalue weighted by atomic mass is 10.2. The molecule has 3 aromatic rings. The van der Waals surface area contributed by atoms with Gasteiger partial charge in [0.2, 0.25) is 21.1 Å². The average Bonchev–Trinajstić information content (AvgIpc) is 3.23. The monoisotopic (exact) mass is 492 g/mol. The van der Waals surface area contributed by atoms with E-state index in [0.717, 1.165) is 21.9 Å². The van der Waals surface area contributed by atoms with Gasteiger partial charge in [-0.3, -0.25) is 14.4 Å². The molecule has 1 N–H and O–H groups in total. The van der Waals surface area contributed by atoms with E-state index in [-0.39, 0.29) is 6.42 Å². The van der Waals surface area contributed by atoms with E-state index in [0.29, 0.717) is 20.9 Å². The van der Waals surface area contributed by atoms with Crippen molar-refractivity contribution in [2.75, 3.05) is 23.0 Å². The average molecular weight is 493 g/mol. The Balaban J connectivity index is 1.73. The summed E-state index contributed by atoms with van der Waals surface area (Å²) in [4.78, 5) is 13.0. The number of anilines is 2. The molecule has 0 saturated carbocycles. The van der Waals surface area contributed by atoms with Gasteiger partial charge < -0.3 is 4.74 Å². The Bertz CT molecular complexity index is 1140. The highest BCUT2D eigenvalue weighted by molar-refractivity contribution is 8.00. The van der Waals surface area contributed by atoms with Gasteiger partial charge in [-0.15, -0.1) is 10.2 Å². The number of sulfonamides is 1. The number of hydrogen-bond donors (Lipinski definition) is 1. The molecule has 2 aromatic carbocycles. The third-order valence-electron chi connectivity index (χ3n) is 4.50. The normalized spacial score (nSPS) is 12.2. The molecule has 0 aliphatic rings. The lowest BCUT2D eigenvalue weighted by Crippen LogP contribution is -2.46. The molecule has 0 bridgehead atoms. The fraction of sp³-hybridized carbons (Fsp3) is 0.286. The Hall–Kier alpha value is -2.63. The molecule has 3 rings (SSSR count). The summed E-state index contributed by atoms with van der Waals surface area (Å²) in [5.41, 5.74) is 1.54. The topological polar surface area (TPSA) is 101 Å². The van der Waals surface area contributed by atoms with Gasteiger partial charge in [0.05, 0.1) is 19.1 Å². The number of amides is 1. The number of benzene rings is 2. The Labute approximate surface area is 196 Å². The van der Waals surface area contributed by atoms with E-state index in [1.807, 2.05) is 30.3 Å². The maximum atomic E-state index is 13.0. The molecule has 0 fully saturated rings. The summed E-state index contributed by atoms with van der Waals surface area (Å²) >= 11 is 2.77. The first-order chi connectivity index (χ1) is 15.3. The van der Waals surface area contributed by atoms with E-state index in [9.17, 15) is 13.2 Å². The standard InChI is InChI=1S/C21H24N4O4S3/c1-4-18(25(32(3,27)28)16-10-12-17(29-2)13-11-16)19(26)22-20-23-24-21(31-20)30-14-15-8-6-5-7-9-15/h5-13,18H,4,14H2,1-3H3,(H,22,23,26). The Morgan fingerprint density at radius 2 is 1.84 bits per heavy atom. The zero-order valence-electron chi connectivity index (χ0n) is 17.9. The smallest absolute Gasteiger partial charge is 0.250 e. The summed E-state index contributed by atoms with van der Waals surface area (Å²) < 4.78 is 32.1. The second kappa shape index (κ2) is 10.8. The third-order valence-corrected chi connectivity index (χ3v) is 7.72. The molecule has 0 aliphatic heterocycles. The van der Waals surface area contributed by atoms with Gasteiger partial charge in [0.15, 0.2) is 4.34 Å². The van der Waals surface area contributed by atoms with E-state index in [1.54, 1.807) is 31.2 Å². The summed E-state index contributed by atoms with van der Waals surface area (Å²) in [5, 5.41) is 11.2. The summed E-state index contributed by atoms with van der Waals surface area (Å²) in [7, 11) is -2.20. The van der Waals surface area contributed by atoms with E-state index >= 15 is 0 Å². The van der Waals surface area contributed by atoms with Crippen LogP contribution in [0.4, 0.5) is 10.8 Å². The SMILES string of the molecule is CCC(C(=O)Nc1nnc(SCc2ccccc2)s1)N(c1ccc(OC)cc1)S(C)(=O)=O. The van der Waals surface area contributed by atoms with Gasteiger partial charge in [0.1, 0.15) is 11.8 Å². The van der Waals surface area contributed by atoms with Crippen LogP contribution in [0.15, 0.2) is 58.9 Å². The van der Waals surface area contributed by atoms with Crippen LogP contribution in [-0.4, -0.2) is 43.9 Å². The molecule has 1 atom stereocenters. The number of carbonyl (C=O) groups is 1. The highest BCUT2D eigenvalue weighted by atomic mass is 32.2. The molecule has 1 heterocycles. The van der Waals surface area contributed by atoms with E-state index in [1.165, 1.54) is 30.2 Å². The van der Waals surface area contributed by atoms with Crippen molar-refractivity contribution in [3.8, 4) is 5.75 Å². The number of rotatable bonds is 10. The number of nitrogens with zero attached hydrogens (tertiary/aromatic N) is 3. The van der Waals surface area contributed by atoms with Gasteiger partial charge in [-0.05, 0) is 36.2 Å². The molecule has 8 nitrogen and oxygen atoms in total. The van der Waals surface area contributed by atoms with Crippen molar-refractivity contribution in [2.24, 2.45) is 0 Å². The Morgan fingerprint density at radius 3 is 2.44 bits per heavy atom. The number of hydrogen-bond acceptors (Lipinski definition) is 8. The van der Waals surface area contributed by atoms with Gasteiger partial charge in [-0.25, -0.2) is 8.42 Å². The fourth-order valence-electron chi connectivity index (χ4n) is 3.02. The molecular formula is C21H24N4O4S3. The quantitative estimate of drug-likeness (QED) is 0.337. The van der Waals surface area contributed by atoms with Crippen molar-refractivity contribution in [1.29, 1.82) is 0 Å². The molecular weight excluding hydrogens is 468 g/mol. The lowest BCUT2D eigenvalue weighted by molar-refractivity contribution is -0.117. The van der Waals surface area contributed by atoms with Crippen molar-refractivity contribution >= 4 is 49.8 Å². The third kappa shape index (κ3) is 6.21. The molecule has 0 radical (unpaired) electrons. The minimum absolute atomic E-state index is 0.277. The molecule has 170 valence electrons. The van der Waals surface area contributed by atoms with Crippen molar-refractivity contribution in [3.05, 3.63) is 60.2 Å². The molecule has 0 aliphatic carbocycles. The van der Waals surface area contributed by atoms with Gasteiger partial charge in [0.25, 0.3) is 0 Å². The summed E-state index contributed by atoms with van der Waals surface area (Å²) in [6, 6.07) is 15.6. The van der Waals surface area contributed by atoms with E-state index in [2.05, 4.69) is 15.5 Å². The maximum Gasteiger partial charge on any atom is 0.250 e. The second-order valence-electron chi connectivity index (χ2n) is 6.82. The second-order valence-corrected chi connectivity index (χ2v) is 10.9. The number of methoxy groups -OCH3 is 1. The lowest BCUT2D eigenvalue weighted by Gasteiger charge is -2.29. The summed E-state index contributed by atoms with van der Waals surface area (Å²) in [6.45, 7) is 1.76. The first kappa shape index (κ1) is 24.0. The van der Waals surface area contributed by atoms with Crippen LogP contribution in [-0.2, 0) is 20.6 Å². The number of nitrogens with one attached hydrogen (secondary N) is 1. The van der Waals surface area contributed by atoms with Crippen LogP contribution < -0.4 is 14.4 Å². The number of aromatic nitrogens is 2. The minimum Gasteiger partial charge on any atom is -0.497 e. The fourth-order valence-corrected chi connectivity index (χ4v) is 5.94. The van der Waals surface area contributed by atoms with Crippen LogP contribution in [0, 0.1) is 0 Å². The van der Waals surface area contributed by atoms with Crippen LogP contribution in [0.25, 0.3) is 0 Å². The summed E-state index contributed by atoms with van der Waals surface area (Å²) in [6.07, 6.45) is 1.36. The van der Waals surface area contributed by atoms with Crippen molar-refractivity contribution in [3.63, 3.8) is 0 Å². The molecule has 0 saturated heterocycles. The van der Waals surface area contributed by atoms with Crippen LogP contribution in [0.3, 0.4) is 0 Å². The zero-order chi connectivity index (χ0) is 23.1. The molecule has 11 heteroatoms. The van der Waals surface area contributed by atoms with Crippen molar-refractivity contribution in [2.45, 2.75) is 29.5 Å². The minimum atomic E-state index is -3.73. The zero-order valence-corrected chi connectivity index (χ0v) is 20.3. The first-order valence-corrected chi connectivity index (χ1v) is 13.4. The molecule has 0 spiro atoms. The number of carbonyl (C=O) groups excluding carboxylic acids is 1. The van der Waals surface area contributed by atoms with Crippen molar-refractivity contribution < 1.29 is 17.9 Å². The van der Waals surface area contributed by atoms with Crippen LogP contribution in [0.5, 0.6) is 5.75 Å². The Morgan fingerprint density at radius 1 is 1.16 bits per heavy atom. The van der Waals surface area contributed by atoms with Crippen LogP contribution in [0.1, 0.15) is 18.9 Å². The number of thioether (sulfide) groups is 1. The van der Waals surface area contributed by atoms with E-state index < -0.39 is 22.0 Å².